The number of carbonyl (C=O) groups is 2. The van der Waals surface area contributed by atoms with Crippen LogP contribution in [-0.2, 0) is 11.2 Å². The Morgan fingerprint density at radius 1 is 1.36 bits per heavy atom. The maximum atomic E-state index is 12.6. The highest BCUT2D eigenvalue weighted by Gasteiger charge is 2.20. The topological polar surface area (TPSA) is 79.4 Å². The van der Waals surface area contributed by atoms with Gasteiger partial charge < -0.3 is 14.8 Å². The highest BCUT2D eigenvalue weighted by Crippen LogP contribution is 2.26. The Balaban J connectivity index is 2.52. The van der Waals surface area contributed by atoms with Crippen molar-refractivity contribution in [3.8, 4) is 0 Å². The van der Waals surface area contributed by atoms with E-state index < -0.39 is 5.97 Å². The van der Waals surface area contributed by atoms with Crippen LogP contribution in [0.25, 0.3) is 10.9 Å². The number of Topliss-reactive ketones (excluding diaryl/α,β-unsaturated/α-hetero) is 1. The van der Waals surface area contributed by atoms with Crippen molar-refractivity contribution in [2.24, 2.45) is 0 Å². The van der Waals surface area contributed by atoms with Crippen LogP contribution in [0.4, 0.5) is 0 Å². The SMILES string of the molecule is CCCc1[nH]c2cc(C(=O)O)ccc2c1C(=O)CC(C)OC. The first-order valence-corrected chi connectivity index (χ1v) is 7.41. The Kier molecular flexibility index (Phi) is 4.98. The molecule has 5 heteroatoms. The minimum Gasteiger partial charge on any atom is -0.478 e. The Bertz CT molecular complexity index is 702. The molecule has 0 saturated carbocycles. The number of nitrogens with one attached hydrogen (secondary N) is 1. The summed E-state index contributed by atoms with van der Waals surface area (Å²) in [7, 11) is 1.58. The quantitative estimate of drug-likeness (QED) is 0.768. The number of aromatic carboxylic acids is 1. The number of carbonyl (C=O) groups excluding carboxylic acids is 1. The number of rotatable bonds is 7. The van der Waals surface area contributed by atoms with Gasteiger partial charge in [-0.3, -0.25) is 4.79 Å². The molecule has 1 atom stereocenters. The Morgan fingerprint density at radius 2 is 2.09 bits per heavy atom. The van der Waals surface area contributed by atoms with E-state index in [4.69, 9.17) is 9.84 Å². The molecule has 2 N–H and O–H groups in total. The van der Waals surface area contributed by atoms with Crippen LogP contribution in [0.2, 0.25) is 0 Å². The van der Waals surface area contributed by atoms with Crippen LogP contribution in [0.1, 0.15) is 53.1 Å². The number of H-pyrrole nitrogens is 1. The lowest BCUT2D eigenvalue weighted by Gasteiger charge is -2.09. The molecule has 0 aliphatic heterocycles. The molecule has 0 bridgehead atoms. The number of benzene rings is 1. The molecule has 0 amide bonds. The third kappa shape index (κ3) is 3.20. The number of hydrogen-bond acceptors (Lipinski definition) is 3. The van der Waals surface area contributed by atoms with Crippen molar-refractivity contribution in [3.05, 3.63) is 35.0 Å². The highest BCUT2D eigenvalue weighted by atomic mass is 16.5. The van der Waals surface area contributed by atoms with Crippen molar-refractivity contribution < 1.29 is 19.4 Å². The van der Waals surface area contributed by atoms with Gasteiger partial charge in [0.1, 0.15) is 0 Å². The predicted molar refractivity (Wildman–Crippen MR) is 84.7 cm³/mol. The van der Waals surface area contributed by atoms with Gasteiger partial charge >= 0.3 is 5.97 Å². The first kappa shape index (κ1) is 16.2. The zero-order valence-corrected chi connectivity index (χ0v) is 13.1. The first-order chi connectivity index (χ1) is 10.5. The van der Waals surface area contributed by atoms with Crippen LogP contribution in [-0.4, -0.2) is 35.1 Å². The normalized spacial score (nSPS) is 12.5. The number of ether oxygens (including phenoxy) is 1. The number of aromatic amines is 1. The second-order valence-electron chi connectivity index (χ2n) is 5.47. The molecular formula is C17H21NO4. The lowest BCUT2D eigenvalue weighted by atomic mass is 9.99. The van der Waals surface area contributed by atoms with Gasteiger partial charge in [-0.25, -0.2) is 4.79 Å². The van der Waals surface area contributed by atoms with Crippen LogP contribution in [0.15, 0.2) is 18.2 Å². The molecule has 22 heavy (non-hydrogen) atoms. The summed E-state index contributed by atoms with van der Waals surface area (Å²) in [5, 5.41) is 9.87. The third-order valence-corrected chi connectivity index (χ3v) is 3.78. The van der Waals surface area contributed by atoms with Crippen LogP contribution < -0.4 is 0 Å². The van der Waals surface area contributed by atoms with Crippen LogP contribution in [0.3, 0.4) is 0 Å². The number of fused-ring (bicyclic) bond motifs is 1. The molecule has 0 spiro atoms. The molecule has 0 fully saturated rings. The van der Waals surface area contributed by atoms with E-state index in [0.29, 0.717) is 17.5 Å². The number of ketones is 1. The molecule has 1 unspecified atom stereocenters. The molecule has 5 nitrogen and oxygen atoms in total. The standard InChI is InChI=1S/C17H21NO4/c1-4-5-13-16(15(19)8-10(2)22-3)12-7-6-11(17(20)21)9-14(12)18-13/h6-7,9-10,18H,4-5,8H2,1-3H3,(H,20,21). The Labute approximate surface area is 129 Å². The maximum absolute atomic E-state index is 12.6. The Morgan fingerprint density at radius 3 is 2.68 bits per heavy atom. The molecule has 1 aromatic heterocycles. The fourth-order valence-corrected chi connectivity index (χ4v) is 2.59. The van der Waals surface area contributed by atoms with E-state index in [1.54, 1.807) is 19.2 Å². The Hall–Kier alpha value is -2.14. The number of methoxy groups -OCH3 is 1. The molecule has 0 aliphatic rings. The lowest BCUT2D eigenvalue weighted by Crippen LogP contribution is -2.13. The molecule has 2 rings (SSSR count). The van der Waals surface area contributed by atoms with E-state index >= 15 is 0 Å². The van der Waals surface area contributed by atoms with Crippen molar-refractivity contribution >= 4 is 22.7 Å². The zero-order chi connectivity index (χ0) is 16.3. The monoisotopic (exact) mass is 303 g/mol. The van der Waals surface area contributed by atoms with Gasteiger partial charge in [-0.2, -0.15) is 0 Å². The van der Waals surface area contributed by atoms with Gasteiger partial charge in [0.05, 0.1) is 11.7 Å². The lowest BCUT2D eigenvalue weighted by molar-refractivity contribution is 0.0696. The summed E-state index contributed by atoms with van der Waals surface area (Å²) in [6, 6.07) is 4.82. The van der Waals surface area contributed by atoms with Crippen molar-refractivity contribution in [3.63, 3.8) is 0 Å². The van der Waals surface area contributed by atoms with Crippen molar-refractivity contribution in [2.75, 3.05) is 7.11 Å². The smallest absolute Gasteiger partial charge is 0.335 e. The summed E-state index contributed by atoms with van der Waals surface area (Å²) in [4.78, 5) is 26.9. The van der Waals surface area contributed by atoms with Gasteiger partial charge in [0, 0.05) is 35.7 Å². The second-order valence-corrected chi connectivity index (χ2v) is 5.47. The number of aryl methyl sites for hydroxylation is 1. The number of carboxylic acids is 1. The second kappa shape index (κ2) is 6.75. The number of aromatic nitrogens is 1. The van der Waals surface area contributed by atoms with Crippen LogP contribution >= 0.6 is 0 Å². The van der Waals surface area contributed by atoms with Gasteiger partial charge in [-0.05, 0) is 25.5 Å². The molecule has 2 aromatic rings. The molecule has 1 aromatic carbocycles. The van der Waals surface area contributed by atoms with Gasteiger partial charge in [0.15, 0.2) is 5.78 Å². The van der Waals surface area contributed by atoms with E-state index in [1.807, 2.05) is 13.8 Å². The molecular weight excluding hydrogens is 282 g/mol. The summed E-state index contributed by atoms with van der Waals surface area (Å²) < 4.78 is 5.17. The van der Waals surface area contributed by atoms with Crippen LogP contribution in [0, 0.1) is 0 Å². The maximum Gasteiger partial charge on any atom is 0.335 e. The molecule has 0 radical (unpaired) electrons. The van der Waals surface area contributed by atoms with E-state index in [-0.39, 0.29) is 17.5 Å². The van der Waals surface area contributed by atoms with E-state index in [1.165, 1.54) is 6.07 Å². The molecule has 118 valence electrons. The van der Waals surface area contributed by atoms with Crippen molar-refractivity contribution in [1.82, 2.24) is 4.98 Å². The molecule has 0 aliphatic carbocycles. The fourth-order valence-electron chi connectivity index (χ4n) is 2.59. The van der Waals surface area contributed by atoms with E-state index in [9.17, 15) is 9.59 Å². The van der Waals surface area contributed by atoms with Gasteiger partial charge in [0.2, 0.25) is 0 Å². The minimum absolute atomic E-state index is 0.0205. The third-order valence-electron chi connectivity index (χ3n) is 3.78. The van der Waals surface area contributed by atoms with Crippen molar-refractivity contribution in [1.29, 1.82) is 0 Å². The van der Waals surface area contributed by atoms with E-state index in [0.717, 1.165) is 23.9 Å². The van der Waals surface area contributed by atoms with E-state index in [2.05, 4.69) is 4.98 Å². The van der Waals surface area contributed by atoms with Gasteiger partial charge in [-0.15, -0.1) is 0 Å². The summed E-state index contributed by atoms with van der Waals surface area (Å²) in [6.45, 7) is 3.90. The van der Waals surface area contributed by atoms with Crippen LogP contribution in [0.5, 0.6) is 0 Å². The summed E-state index contributed by atoms with van der Waals surface area (Å²) >= 11 is 0. The zero-order valence-electron chi connectivity index (χ0n) is 13.1. The average Bonchev–Trinajstić information content (AvgIpc) is 2.84. The predicted octanol–water partition coefficient (Wildman–Crippen LogP) is 3.43. The van der Waals surface area contributed by atoms with Crippen molar-refractivity contribution in [2.45, 2.75) is 39.2 Å². The van der Waals surface area contributed by atoms with Gasteiger partial charge in [0.25, 0.3) is 0 Å². The summed E-state index contributed by atoms with van der Waals surface area (Å²) in [6.07, 6.45) is 1.81. The fraction of sp³-hybridized carbons (Fsp3) is 0.412. The summed E-state index contributed by atoms with van der Waals surface area (Å²) in [5.74, 6) is -0.957. The number of carboxylic acid groups (broad SMARTS) is 1. The number of hydrogen-bond donors (Lipinski definition) is 2. The first-order valence-electron chi connectivity index (χ1n) is 7.41. The molecule has 1 heterocycles. The van der Waals surface area contributed by atoms with Gasteiger partial charge in [-0.1, -0.05) is 19.4 Å². The average molecular weight is 303 g/mol. The highest BCUT2D eigenvalue weighted by molar-refractivity contribution is 6.10. The molecule has 0 saturated heterocycles. The largest absolute Gasteiger partial charge is 0.478 e. The minimum atomic E-state index is -0.977. The summed E-state index contributed by atoms with van der Waals surface area (Å²) in [5.41, 5.74) is 2.43.